The lowest BCUT2D eigenvalue weighted by Gasteiger charge is -2.11. The van der Waals surface area contributed by atoms with Crippen molar-refractivity contribution in [1.82, 2.24) is 4.57 Å². The van der Waals surface area contributed by atoms with Crippen LogP contribution in [0.25, 0.3) is 10.2 Å². The first-order valence-electron chi connectivity index (χ1n) is 10.7. The van der Waals surface area contributed by atoms with E-state index in [0.717, 1.165) is 27.1 Å². The second kappa shape index (κ2) is 10.5. The van der Waals surface area contributed by atoms with Gasteiger partial charge in [-0.3, -0.25) is 19.0 Å². The maximum Gasteiger partial charge on any atom is 0.322 e. The summed E-state index contributed by atoms with van der Waals surface area (Å²) in [5.41, 5.74) is 8.62. The van der Waals surface area contributed by atoms with Crippen LogP contribution in [-0.4, -0.2) is 36.1 Å². The lowest BCUT2D eigenvalue weighted by atomic mass is 10.0. The molecule has 0 aliphatic rings. The van der Waals surface area contributed by atoms with Gasteiger partial charge in [-0.1, -0.05) is 53.8 Å². The van der Waals surface area contributed by atoms with Crippen LogP contribution < -0.4 is 15.3 Å². The highest BCUT2D eigenvalue weighted by Gasteiger charge is 2.15. The summed E-state index contributed by atoms with van der Waals surface area (Å²) < 4.78 is 12.9. The maximum absolute atomic E-state index is 12.7. The van der Waals surface area contributed by atoms with E-state index < -0.39 is 12.0 Å². The minimum absolute atomic E-state index is 0.0748. The number of hydrogen-bond acceptors (Lipinski definition) is 7. The van der Waals surface area contributed by atoms with E-state index in [0.29, 0.717) is 36.4 Å². The smallest absolute Gasteiger partial charge is 0.322 e. The summed E-state index contributed by atoms with van der Waals surface area (Å²) in [5, 5.41) is 0. The van der Waals surface area contributed by atoms with Gasteiger partial charge in [0.1, 0.15) is 18.4 Å². The molecule has 0 amide bonds. The van der Waals surface area contributed by atoms with Crippen LogP contribution >= 0.6 is 11.3 Å². The molecule has 7 nitrogen and oxygen atoms in total. The molecule has 1 atom stereocenters. The lowest BCUT2D eigenvalue weighted by molar-refractivity contribution is -0.142. The summed E-state index contributed by atoms with van der Waals surface area (Å²) in [4.78, 5) is 36.6. The number of hydrogen-bond donors (Lipinski definition) is 1. The van der Waals surface area contributed by atoms with Crippen LogP contribution in [0.2, 0.25) is 0 Å². The Kier molecular flexibility index (Phi) is 7.20. The van der Waals surface area contributed by atoms with Gasteiger partial charge in [-0.2, -0.15) is 0 Å². The quantitative estimate of drug-likeness (QED) is 0.294. The number of carbonyl (C=O) groups is 2. The largest absolute Gasteiger partial charge is 0.492 e. The molecule has 1 aromatic heterocycles. The predicted octanol–water partition coefficient (Wildman–Crippen LogP) is 3.42. The van der Waals surface area contributed by atoms with Gasteiger partial charge in [0.05, 0.1) is 23.9 Å². The Morgan fingerprint density at radius 3 is 2.44 bits per heavy atom. The molecular weight excluding hydrogens is 452 g/mol. The number of aromatic nitrogens is 1. The van der Waals surface area contributed by atoms with Crippen molar-refractivity contribution in [3.05, 3.63) is 99.2 Å². The van der Waals surface area contributed by atoms with Gasteiger partial charge >= 0.3 is 10.8 Å². The highest BCUT2D eigenvalue weighted by Crippen LogP contribution is 2.21. The fourth-order valence-corrected chi connectivity index (χ4v) is 4.60. The van der Waals surface area contributed by atoms with Crippen molar-refractivity contribution in [1.29, 1.82) is 0 Å². The highest BCUT2D eigenvalue weighted by molar-refractivity contribution is 7.16. The third kappa shape index (κ3) is 5.24. The van der Waals surface area contributed by atoms with Crippen molar-refractivity contribution in [2.45, 2.75) is 19.0 Å². The van der Waals surface area contributed by atoms with Gasteiger partial charge in [0.2, 0.25) is 0 Å². The summed E-state index contributed by atoms with van der Waals surface area (Å²) in [6, 6.07) is 21.0. The Labute approximate surface area is 200 Å². The topological polar surface area (TPSA) is 101 Å². The van der Waals surface area contributed by atoms with Crippen LogP contribution in [0, 0.1) is 0 Å². The monoisotopic (exact) mass is 476 g/mol. The second-order valence-electron chi connectivity index (χ2n) is 7.72. The van der Waals surface area contributed by atoms with E-state index in [1.54, 1.807) is 41.0 Å². The summed E-state index contributed by atoms with van der Waals surface area (Å²) in [6.07, 6.45) is 0.373. The fourth-order valence-electron chi connectivity index (χ4n) is 3.64. The number of thiazole rings is 1. The molecule has 34 heavy (non-hydrogen) atoms. The van der Waals surface area contributed by atoms with Crippen LogP contribution in [0.1, 0.15) is 21.5 Å². The van der Waals surface area contributed by atoms with Gasteiger partial charge in [0.25, 0.3) is 0 Å². The summed E-state index contributed by atoms with van der Waals surface area (Å²) in [7, 11) is 1.31. The molecule has 0 bridgehead atoms. The predicted molar refractivity (Wildman–Crippen MR) is 132 cm³/mol. The van der Waals surface area contributed by atoms with E-state index in [2.05, 4.69) is 4.74 Å². The first-order chi connectivity index (χ1) is 16.5. The van der Waals surface area contributed by atoms with Gasteiger partial charge in [-0.05, 0) is 42.3 Å². The van der Waals surface area contributed by atoms with E-state index >= 15 is 0 Å². The number of methoxy groups -OCH3 is 1. The fraction of sp³-hybridized carbons (Fsp3) is 0.192. The van der Waals surface area contributed by atoms with Crippen molar-refractivity contribution < 1.29 is 19.1 Å². The maximum atomic E-state index is 12.7. The van der Waals surface area contributed by atoms with Gasteiger partial charge in [0.15, 0.2) is 5.78 Å². The molecule has 1 heterocycles. The third-order valence-corrected chi connectivity index (χ3v) is 6.37. The number of esters is 1. The molecular formula is C26H24N2O5S. The van der Waals surface area contributed by atoms with Crippen molar-refractivity contribution in [2.24, 2.45) is 5.73 Å². The van der Waals surface area contributed by atoms with E-state index in [9.17, 15) is 14.4 Å². The van der Waals surface area contributed by atoms with Crippen molar-refractivity contribution in [3.63, 3.8) is 0 Å². The third-order valence-electron chi connectivity index (χ3n) is 5.43. The van der Waals surface area contributed by atoms with Crippen LogP contribution in [0.4, 0.5) is 0 Å². The van der Waals surface area contributed by atoms with Crippen molar-refractivity contribution in [3.8, 4) is 5.75 Å². The number of nitrogens with zero attached hydrogens (tertiary/aromatic N) is 1. The first kappa shape index (κ1) is 23.4. The molecule has 0 saturated heterocycles. The van der Waals surface area contributed by atoms with Crippen LogP contribution in [0.5, 0.6) is 5.75 Å². The SMILES string of the molecule is COC(=O)C(N)Cc1ccc(OCCn2c(=O)sc3cc(C(=O)c4ccccc4)ccc32)cc1. The molecule has 174 valence electrons. The number of rotatable bonds is 9. The molecule has 4 rings (SSSR count). The number of fused-ring (bicyclic) bond motifs is 1. The molecule has 0 saturated carbocycles. The Bertz CT molecular complexity index is 1360. The first-order valence-corrected chi connectivity index (χ1v) is 11.6. The van der Waals surface area contributed by atoms with E-state index in [1.165, 1.54) is 7.11 Å². The normalized spacial score (nSPS) is 11.8. The van der Waals surface area contributed by atoms with Gasteiger partial charge < -0.3 is 15.2 Å². The average Bonchev–Trinajstić information content (AvgIpc) is 3.18. The second-order valence-corrected chi connectivity index (χ2v) is 8.72. The van der Waals surface area contributed by atoms with Gasteiger partial charge in [-0.15, -0.1) is 0 Å². The van der Waals surface area contributed by atoms with Gasteiger partial charge in [0, 0.05) is 11.1 Å². The van der Waals surface area contributed by atoms with Crippen molar-refractivity contribution in [2.75, 3.05) is 13.7 Å². The minimum Gasteiger partial charge on any atom is -0.492 e. The van der Waals surface area contributed by atoms with E-state index in [4.69, 9.17) is 10.5 Å². The standard InChI is InChI=1S/C26H24N2O5S/c1-32-25(30)21(27)15-17-7-10-20(11-8-17)33-14-13-28-22-12-9-19(16-23(22)34-26(28)31)24(29)18-5-3-2-4-6-18/h2-12,16,21H,13-15,27H2,1H3. The molecule has 0 fully saturated rings. The van der Waals surface area contributed by atoms with Gasteiger partial charge in [-0.25, -0.2) is 0 Å². The summed E-state index contributed by atoms with van der Waals surface area (Å²) >= 11 is 1.11. The Hall–Kier alpha value is -3.75. The highest BCUT2D eigenvalue weighted by atomic mass is 32.1. The number of ether oxygens (including phenoxy) is 2. The van der Waals surface area contributed by atoms with Crippen LogP contribution in [0.15, 0.2) is 77.6 Å². The molecule has 2 N–H and O–H groups in total. The molecule has 0 spiro atoms. The molecule has 1 unspecified atom stereocenters. The van der Waals surface area contributed by atoms with Crippen molar-refractivity contribution >= 4 is 33.3 Å². The Balaban J connectivity index is 1.40. The molecule has 0 radical (unpaired) electrons. The molecule has 3 aromatic carbocycles. The number of carbonyl (C=O) groups excluding carboxylic acids is 2. The number of ketones is 1. The number of nitrogens with two attached hydrogens (primary N) is 1. The van der Waals surface area contributed by atoms with E-state index in [-0.39, 0.29) is 10.7 Å². The molecule has 0 aliphatic heterocycles. The zero-order chi connectivity index (χ0) is 24.1. The zero-order valence-corrected chi connectivity index (χ0v) is 19.4. The molecule has 4 aromatic rings. The van der Waals surface area contributed by atoms with Crippen LogP contribution in [0.3, 0.4) is 0 Å². The lowest BCUT2D eigenvalue weighted by Crippen LogP contribution is -2.33. The Morgan fingerprint density at radius 2 is 1.74 bits per heavy atom. The average molecular weight is 477 g/mol. The summed E-state index contributed by atoms with van der Waals surface area (Å²) in [5.74, 6) is 0.123. The molecule has 8 heteroatoms. The van der Waals surface area contributed by atoms with Crippen LogP contribution in [-0.2, 0) is 22.5 Å². The number of benzene rings is 3. The summed E-state index contributed by atoms with van der Waals surface area (Å²) in [6.45, 7) is 0.678. The van der Waals surface area contributed by atoms with E-state index in [1.807, 2.05) is 36.4 Å². The minimum atomic E-state index is -0.709. The zero-order valence-electron chi connectivity index (χ0n) is 18.6. The molecule has 0 aliphatic carbocycles. The Morgan fingerprint density at radius 1 is 1.00 bits per heavy atom.